The maximum atomic E-state index is 13.5. The highest BCUT2D eigenvalue weighted by molar-refractivity contribution is 7.58. The number of rotatable bonds is 10. The summed E-state index contributed by atoms with van der Waals surface area (Å²) in [6.45, 7) is 7.77. The number of carbonyl (C=O) groups is 1. The van der Waals surface area contributed by atoms with Gasteiger partial charge in [0.2, 0.25) is 0 Å². The largest absolute Gasteiger partial charge is 0.465 e. The van der Waals surface area contributed by atoms with E-state index in [1.54, 1.807) is 13.0 Å². The molecule has 27 heavy (non-hydrogen) atoms. The van der Waals surface area contributed by atoms with Gasteiger partial charge in [0.15, 0.2) is 0 Å². The maximum Gasteiger partial charge on any atom is 0.323 e. The quantitative estimate of drug-likeness (QED) is 0.328. The second kappa shape index (κ2) is 9.91. The average molecular weight is 391 g/mol. The number of nitrogens with one attached hydrogen (secondary N) is 1. The second-order valence-electron chi connectivity index (χ2n) is 6.98. The number of carbonyl (C=O) groups excluding carboxylic acids is 1. The Kier molecular flexibility index (Phi) is 7.88. The summed E-state index contributed by atoms with van der Waals surface area (Å²) >= 11 is 0. The number of ether oxygens (including phenoxy) is 1. The van der Waals surface area contributed by atoms with Crippen LogP contribution in [0.2, 0.25) is 0 Å². The highest BCUT2D eigenvalue weighted by atomic mass is 31.2. The van der Waals surface area contributed by atoms with Gasteiger partial charge in [-0.15, -0.1) is 0 Å². The van der Waals surface area contributed by atoms with Crippen molar-refractivity contribution in [3.63, 3.8) is 0 Å². The van der Waals surface area contributed by atoms with Crippen LogP contribution in [0.25, 0.3) is 10.8 Å². The summed E-state index contributed by atoms with van der Waals surface area (Å²) in [4.78, 5) is 12.2. The maximum absolute atomic E-state index is 13.5. The van der Waals surface area contributed by atoms with E-state index in [-0.39, 0.29) is 5.66 Å². The minimum Gasteiger partial charge on any atom is -0.465 e. The summed E-state index contributed by atoms with van der Waals surface area (Å²) in [5.74, 6) is 0.134. The predicted octanol–water partition coefficient (Wildman–Crippen LogP) is 5.53. The van der Waals surface area contributed by atoms with Crippen molar-refractivity contribution >= 4 is 24.3 Å². The van der Waals surface area contributed by atoms with E-state index in [0.717, 1.165) is 30.0 Å². The van der Waals surface area contributed by atoms with Crippen molar-refractivity contribution in [2.75, 3.05) is 6.61 Å². The Bertz CT molecular complexity index is 800. The lowest BCUT2D eigenvalue weighted by molar-refractivity contribution is -0.145. The Hall–Kier alpha value is -1.84. The normalized spacial score (nSPS) is 14.7. The number of hydrogen-bond donors (Lipinski definition) is 1. The van der Waals surface area contributed by atoms with Crippen LogP contribution < -0.4 is 9.61 Å². The van der Waals surface area contributed by atoms with Gasteiger partial charge in [-0.25, -0.2) is 5.09 Å². The molecule has 0 saturated heterocycles. The zero-order chi connectivity index (χ0) is 19.9. The lowest BCUT2D eigenvalue weighted by atomic mass is 10.1. The summed E-state index contributed by atoms with van der Waals surface area (Å²) in [6.07, 6.45) is 2.92. The van der Waals surface area contributed by atoms with Crippen LogP contribution in [0.5, 0.6) is 5.75 Å². The smallest absolute Gasteiger partial charge is 0.323 e. The molecule has 6 heteroatoms. The summed E-state index contributed by atoms with van der Waals surface area (Å²) in [5, 5.41) is 4.80. The monoisotopic (exact) mass is 391 g/mol. The third-order valence-electron chi connectivity index (χ3n) is 4.38. The lowest BCUT2D eigenvalue weighted by Crippen LogP contribution is -2.36. The van der Waals surface area contributed by atoms with Crippen LogP contribution in [0.4, 0.5) is 0 Å². The molecule has 0 aliphatic heterocycles. The standard InChI is InChI=1S/C21H30NO4P/c1-5-6-9-15-25-21(23)17(4)22-27(24,16(2)3)26-20-14-10-12-18-11-7-8-13-19(18)20/h7-8,10-14,16-17H,5-6,9,15H2,1-4H3,(H,22,24)/t17-,27?/m0/s1. The molecule has 0 spiro atoms. The number of hydrogen-bond acceptors (Lipinski definition) is 4. The molecule has 148 valence electrons. The number of benzene rings is 2. The fourth-order valence-electron chi connectivity index (χ4n) is 2.67. The van der Waals surface area contributed by atoms with Crippen LogP contribution in [0.3, 0.4) is 0 Å². The first-order valence-electron chi connectivity index (χ1n) is 9.59. The van der Waals surface area contributed by atoms with E-state index in [9.17, 15) is 9.36 Å². The van der Waals surface area contributed by atoms with Crippen molar-refractivity contribution < 1.29 is 18.6 Å². The van der Waals surface area contributed by atoms with Gasteiger partial charge in [0.05, 0.1) is 12.3 Å². The first-order valence-corrected chi connectivity index (χ1v) is 11.3. The van der Waals surface area contributed by atoms with Crippen molar-refractivity contribution in [1.29, 1.82) is 0 Å². The molecule has 0 fully saturated rings. The van der Waals surface area contributed by atoms with Crippen LogP contribution in [-0.2, 0) is 14.1 Å². The Balaban J connectivity index is 2.12. The summed E-state index contributed by atoms with van der Waals surface area (Å²) in [7, 11) is -3.32. The number of esters is 1. The van der Waals surface area contributed by atoms with Crippen LogP contribution in [0, 0.1) is 0 Å². The highest BCUT2D eigenvalue weighted by Crippen LogP contribution is 2.49. The van der Waals surface area contributed by atoms with E-state index < -0.39 is 19.5 Å². The molecule has 0 aliphatic rings. The van der Waals surface area contributed by atoms with E-state index in [2.05, 4.69) is 12.0 Å². The lowest BCUT2D eigenvalue weighted by Gasteiger charge is -2.26. The van der Waals surface area contributed by atoms with Gasteiger partial charge in [-0.2, -0.15) is 0 Å². The van der Waals surface area contributed by atoms with E-state index in [0.29, 0.717) is 12.4 Å². The van der Waals surface area contributed by atoms with E-state index in [1.807, 2.05) is 50.2 Å². The predicted molar refractivity (Wildman–Crippen MR) is 110 cm³/mol. The van der Waals surface area contributed by atoms with Gasteiger partial charge in [-0.1, -0.05) is 70.0 Å². The summed E-state index contributed by atoms with van der Waals surface area (Å²) in [5.41, 5.74) is -0.299. The van der Waals surface area contributed by atoms with E-state index >= 15 is 0 Å². The molecule has 0 saturated carbocycles. The zero-order valence-electron chi connectivity index (χ0n) is 16.6. The van der Waals surface area contributed by atoms with E-state index in [4.69, 9.17) is 9.26 Å². The number of fused-ring (bicyclic) bond motifs is 1. The molecule has 1 N–H and O–H groups in total. The Morgan fingerprint density at radius 1 is 1.07 bits per heavy atom. The molecule has 0 aromatic heterocycles. The minimum absolute atomic E-state index is 0.299. The van der Waals surface area contributed by atoms with Crippen LogP contribution in [-0.4, -0.2) is 24.3 Å². The topological polar surface area (TPSA) is 64.6 Å². The van der Waals surface area contributed by atoms with Crippen LogP contribution in [0.1, 0.15) is 47.0 Å². The molecular weight excluding hydrogens is 361 g/mol. The first-order chi connectivity index (χ1) is 12.9. The molecule has 2 rings (SSSR count). The van der Waals surface area contributed by atoms with Crippen molar-refractivity contribution in [3.8, 4) is 5.75 Å². The molecule has 2 aromatic rings. The summed E-state index contributed by atoms with van der Waals surface area (Å²) in [6, 6.07) is 12.7. The summed E-state index contributed by atoms with van der Waals surface area (Å²) < 4.78 is 24.7. The van der Waals surface area contributed by atoms with Gasteiger partial charge < -0.3 is 9.26 Å². The molecule has 0 radical (unpaired) electrons. The SMILES string of the molecule is CCCCCOC(=O)[C@H](C)NP(=O)(Oc1cccc2ccccc12)C(C)C. The minimum atomic E-state index is -3.32. The van der Waals surface area contributed by atoms with Crippen molar-refractivity contribution in [3.05, 3.63) is 42.5 Å². The first kappa shape index (κ1) is 21.5. The van der Waals surface area contributed by atoms with Gasteiger partial charge in [-0.05, 0) is 24.8 Å². The Morgan fingerprint density at radius 3 is 2.48 bits per heavy atom. The van der Waals surface area contributed by atoms with Crippen molar-refractivity contribution in [2.24, 2.45) is 0 Å². The fraction of sp³-hybridized carbons (Fsp3) is 0.476. The van der Waals surface area contributed by atoms with Gasteiger partial charge in [-0.3, -0.25) is 9.36 Å². The Labute approximate surface area is 161 Å². The highest BCUT2D eigenvalue weighted by Gasteiger charge is 2.34. The molecule has 0 amide bonds. The molecule has 0 heterocycles. The molecule has 1 unspecified atom stereocenters. The second-order valence-corrected chi connectivity index (χ2v) is 9.65. The molecule has 2 atom stereocenters. The number of unbranched alkanes of at least 4 members (excludes halogenated alkanes) is 2. The molecule has 2 aromatic carbocycles. The average Bonchev–Trinajstić information content (AvgIpc) is 2.65. The molecule has 0 aliphatic carbocycles. The molecule has 5 nitrogen and oxygen atoms in total. The van der Waals surface area contributed by atoms with Crippen LogP contribution >= 0.6 is 7.52 Å². The van der Waals surface area contributed by atoms with Crippen molar-refractivity contribution in [1.82, 2.24) is 5.09 Å². The zero-order valence-corrected chi connectivity index (χ0v) is 17.5. The van der Waals surface area contributed by atoms with E-state index in [1.165, 1.54) is 0 Å². The van der Waals surface area contributed by atoms with Gasteiger partial charge in [0, 0.05) is 5.39 Å². The van der Waals surface area contributed by atoms with Gasteiger partial charge in [0.25, 0.3) is 0 Å². The third-order valence-corrected chi connectivity index (χ3v) is 6.96. The third kappa shape index (κ3) is 5.82. The van der Waals surface area contributed by atoms with Gasteiger partial charge >= 0.3 is 13.5 Å². The Morgan fingerprint density at radius 2 is 1.78 bits per heavy atom. The van der Waals surface area contributed by atoms with Crippen molar-refractivity contribution in [2.45, 2.75) is 58.7 Å². The van der Waals surface area contributed by atoms with Gasteiger partial charge in [0.1, 0.15) is 11.8 Å². The fourth-order valence-corrected chi connectivity index (χ4v) is 4.33. The van der Waals surface area contributed by atoms with Crippen LogP contribution in [0.15, 0.2) is 42.5 Å². The molecular formula is C21H30NO4P. The molecule has 0 bridgehead atoms.